The third-order valence-electron chi connectivity index (χ3n) is 5.80. The molecule has 1 aromatic rings. The fraction of sp³-hybridized carbons (Fsp3) is 0.526. The molecule has 6 nitrogen and oxygen atoms in total. The van der Waals surface area contributed by atoms with E-state index in [1.807, 2.05) is 70.1 Å². The second-order valence-corrected chi connectivity index (χ2v) is 8.31. The zero-order valence-electron chi connectivity index (χ0n) is 15.4. The number of fused-ring (bicyclic) bond motifs is 3. The summed E-state index contributed by atoms with van der Waals surface area (Å²) in [5.74, 6) is -0.819. The molecule has 0 saturated carbocycles. The third kappa shape index (κ3) is 1.97. The monoisotopic (exact) mass is 340 g/mol. The predicted octanol–water partition coefficient (Wildman–Crippen LogP) is 2.27. The number of hydrazone groups is 1. The van der Waals surface area contributed by atoms with Crippen LogP contribution in [0, 0.1) is 11.8 Å². The van der Waals surface area contributed by atoms with Gasteiger partial charge in [-0.2, -0.15) is 15.2 Å². The van der Waals surface area contributed by atoms with Gasteiger partial charge in [0.15, 0.2) is 0 Å². The number of amides is 2. The summed E-state index contributed by atoms with van der Waals surface area (Å²) in [6.45, 7) is 10.2. The van der Waals surface area contributed by atoms with Crippen LogP contribution in [0.3, 0.4) is 0 Å². The molecule has 2 amide bonds. The van der Waals surface area contributed by atoms with Crippen molar-refractivity contribution >= 4 is 23.2 Å². The van der Waals surface area contributed by atoms with Gasteiger partial charge in [-0.15, -0.1) is 0 Å². The van der Waals surface area contributed by atoms with Crippen molar-refractivity contribution in [2.45, 2.75) is 45.7 Å². The van der Waals surface area contributed by atoms with E-state index in [1.165, 1.54) is 4.90 Å². The summed E-state index contributed by atoms with van der Waals surface area (Å²) in [6, 6.07) is 9.86. The Kier molecular flexibility index (Phi) is 3.20. The Morgan fingerprint density at radius 1 is 1.12 bits per heavy atom. The van der Waals surface area contributed by atoms with E-state index in [2.05, 4.69) is 5.01 Å². The Balaban J connectivity index is 1.76. The van der Waals surface area contributed by atoms with Crippen molar-refractivity contribution in [3.63, 3.8) is 0 Å². The fourth-order valence-corrected chi connectivity index (χ4v) is 4.48. The highest BCUT2D eigenvalue weighted by molar-refractivity contribution is 6.11. The first-order valence-corrected chi connectivity index (χ1v) is 8.73. The van der Waals surface area contributed by atoms with Gasteiger partial charge in [0.2, 0.25) is 11.8 Å². The van der Waals surface area contributed by atoms with Crippen LogP contribution in [0.2, 0.25) is 0 Å². The lowest BCUT2D eigenvalue weighted by molar-refractivity contribution is -0.146. The molecule has 0 spiro atoms. The maximum Gasteiger partial charge on any atom is 0.235 e. The maximum atomic E-state index is 13.2. The van der Waals surface area contributed by atoms with E-state index in [9.17, 15) is 9.59 Å². The molecule has 4 rings (SSSR count). The first-order chi connectivity index (χ1) is 11.7. The smallest absolute Gasteiger partial charge is 0.235 e. The quantitative estimate of drug-likeness (QED) is 0.736. The minimum Gasteiger partial charge on any atom is -0.277 e. The summed E-state index contributed by atoms with van der Waals surface area (Å²) >= 11 is 0. The van der Waals surface area contributed by atoms with Gasteiger partial charge in [-0.05, 0) is 46.8 Å². The molecule has 0 radical (unpaired) electrons. The van der Waals surface area contributed by atoms with Crippen LogP contribution in [-0.2, 0) is 9.59 Å². The first-order valence-electron chi connectivity index (χ1n) is 8.73. The molecule has 132 valence electrons. The highest BCUT2D eigenvalue weighted by Gasteiger charge is 2.68. The van der Waals surface area contributed by atoms with Crippen LogP contribution in [0.15, 0.2) is 35.4 Å². The van der Waals surface area contributed by atoms with Crippen molar-refractivity contribution in [1.29, 1.82) is 0 Å². The minimum absolute atomic E-state index is 0.0565. The van der Waals surface area contributed by atoms with Crippen LogP contribution in [0.5, 0.6) is 0 Å². The molecule has 0 bridgehead atoms. The second-order valence-electron chi connectivity index (χ2n) is 8.31. The predicted molar refractivity (Wildman–Crippen MR) is 95.7 cm³/mol. The zero-order valence-corrected chi connectivity index (χ0v) is 15.4. The Morgan fingerprint density at radius 3 is 2.36 bits per heavy atom. The van der Waals surface area contributed by atoms with Crippen molar-refractivity contribution in [1.82, 2.24) is 9.91 Å². The van der Waals surface area contributed by atoms with Crippen molar-refractivity contribution in [2.75, 3.05) is 11.7 Å². The van der Waals surface area contributed by atoms with Crippen molar-refractivity contribution < 1.29 is 9.59 Å². The number of nitrogens with zero attached hydrogens (tertiary/aromatic N) is 4. The number of carbonyl (C=O) groups excluding carboxylic acids is 2. The average Bonchev–Trinajstić information content (AvgIpc) is 3.07. The molecule has 3 atom stereocenters. The number of hydrazine groups is 1. The number of carbonyl (C=O) groups is 2. The van der Waals surface area contributed by atoms with Gasteiger partial charge in [0.1, 0.15) is 0 Å². The summed E-state index contributed by atoms with van der Waals surface area (Å²) in [6.07, 6.45) is 0. The SMILES string of the molecule is CC1=NN(c2ccccc2)N2C[C@H]3C(=O)N(C(C)(C)C)C(=O)[C@H]3[C@]12C. The van der Waals surface area contributed by atoms with E-state index in [0.717, 1.165) is 11.4 Å². The summed E-state index contributed by atoms with van der Waals surface area (Å²) in [5.41, 5.74) is 0.759. The number of imide groups is 1. The number of rotatable bonds is 1. The third-order valence-corrected chi connectivity index (χ3v) is 5.80. The molecular formula is C19H24N4O2. The topological polar surface area (TPSA) is 56.2 Å². The van der Waals surface area contributed by atoms with E-state index in [0.29, 0.717) is 6.54 Å². The molecule has 0 aromatic heterocycles. The lowest BCUT2D eigenvalue weighted by Crippen LogP contribution is -2.56. The average molecular weight is 340 g/mol. The molecule has 0 unspecified atom stereocenters. The molecule has 3 aliphatic heterocycles. The molecule has 2 fully saturated rings. The van der Waals surface area contributed by atoms with Crippen molar-refractivity contribution in [3.05, 3.63) is 30.3 Å². The van der Waals surface area contributed by atoms with Crippen LogP contribution in [0.1, 0.15) is 34.6 Å². The summed E-state index contributed by atoms with van der Waals surface area (Å²) in [7, 11) is 0. The minimum atomic E-state index is -0.562. The highest BCUT2D eigenvalue weighted by atomic mass is 16.2. The van der Waals surface area contributed by atoms with Gasteiger partial charge in [0.05, 0.1) is 28.8 Å². The first kappa shape index (κ1) is 16.3. The van der Waals surface area contributed by atoms with E-state index in [-0.39, 0.29) is 23.7 Å². The largest absolute Gasteiger partial charge is 0.277 e. The number of likely N-dealkylation sites (tertiary alicyclic amines) is 1. The molecule has 0 aliphatic carbocycles. The summed E-state index contributed by atoms with van der Waals surface area (Å²) in [4.78, 5) is 27.6. The molecule has 3 heterocycles. The van der Waals surface area contributed by atoms with Gasteiger partial charge >= 0.3 is 0 Å². The maximum absolute atomic E-state index is 13.2. The van der Waals surface area contributed by atoms with Crippen LogP contribution in [0.25, 0.3) is 0 Å². The molecule has 6 heteroatoms. The number of anilines is 1. The molecule has 25 heavy (non-hydrogen) atoms. The number of hydrogen-bond acceptors (Lipinski definition) is 5. The number of benzene rings is 1. The Bertz CT molecular complexity index is 782. The van der Waals surface area contributed by atoms with Crippen LogP contribution in [0.4, 0.5) is 5.69 Å². The van der Waals surface area contributed by atoms with E-state index in [4.69, 9.17) is 5.10 Å². The zero-order chi connectivity index (χ0) is 18.1. The van der Waals surface area contributed by atoms with Gasteiger partial charge in [0, 0.05) is 12.1 Å². The van der Waals surface area contributed by atoms with Gasteiger partial charge in [-0.1, -0.05) is 18.2 Å². The molecule has 1 aromatic carbocycles. The fourth-order valence-electron chi connectivity index (χ4n) is 4.48. The summed E-state index contributed by atoms with van der Waals surface area (Å²) < 4.78 is 0. The van der Waals surface area contributed by atoms with E-state index < -0.39 is 11.1 Å². The second kappa shape index (κ2) is 4.91. The molecule has 2 saturated heterocycles. The number of hydrogen-bond donors (Lipinski definition) is 0. The van der Waals surface area contributed by atoms with Crippen LogP contribution >= 0.6 is 0 Å². The van der Waals surface area contributed by atoms with Crippen LogP contribution < -0.4 is 5.12 Å². The van der Waals surface area contributed by atoms with Gasteiger partial charge in [-0.25, -0.2) is 0 Å². The molecular weight excluding hydrogens is 316 g/mol. The standard InChI is InChI=1S/C19H24N4O2/c1-12-19(5)15-14(16(24)22(17(15)25)18(2,3)4)11-21(19)23(20-12)13-9-7-6-8-10-13/h6-10,14-15H,11H2,1-5H3/t14-,15+,19+/m1/s1. The van der Waals surface area contributed by atoms with E-state index in [1.54, 1.807) is 0 Å². The normalized spacial score (nSPS) is 32.3. The Labute approximate surface area is 148 Å². The number of para-hydroxylation sites is 1. The Morgan fingerprint density at radius 2 is 1.76 bits per heavy atom. The van der Waals surface area contributed by atoms with Gasteiger partial charge < -0.3 is 0 Å². The van der Waals surface area contributed by atoms with Gasteiger partial charge in [-0.3, -0.25) is 14.5 Å². The highest BCUT2D eigenvalue weighted by Crippen LogP contribution is 2.50. The molecule has 0 N–H and O–H groups in total. The van der Waals surface area contributed by atoms with E-state index >= 15 is 0 Å². The Hall–Kier alpha value is -2.21. The summed E-state index contributed by atoms with van der Waals surface area (Å²) in [5, 5.41) is 8.66. The molecule has 3 aliphatic rings. The lowest BCUT2D eigenvalue weighted by atomic mass is 9.80. The van der Waals surface area contributed by atoms with Crippen LogP contribution in [-0.4, -0.2) is 45.1 Å². The van der Waals surface area contributed by atoms with Gasteiger partial charge in [0.25, 0.3) is 0 Å². The lowest BCUT2D eigenvalue weighted by Gasteiger charge is -2.37. The van der Waals surface area contributed by atoms with Crippen molar-refractivity contribution in [3.8, 4) is 0 Å². The van der Waals surface area contributed by atoms with Crippen molar-refractivity contribution in [2.24, 2.45) is 16.9 Å².